The van der Waals surface area contributed by atoms with E-state index >= 15 is 0 Å². The van der Waals surface area contributed by atoms with Crippen LogP contribution in [0, 0.1) is 0 Å². The monoisotopic (exact) mass is 258 g/mol. The number of nitrogens with one attached hydrogen (secondary N) is 2. The standard InChI is InChI=1S/C11H12Cl2N2O/c12-8-2-1-7(5-9(8)13)6-10-11(16)15-4-3-14-10/h1-2,5,10,14H,3-4,6H2,(H,15,16)/t10-/m0/s1. The highest BCUT2D eigenvalue weighted by Gasteiger charge is 2.21. The molecule has 0 spiro atoms. The number of hydrogen-bond acceptors (Lipinski definition) is 2. The molecule has 16 heavy (non-hydrogen) atoms. The molecule has 1 saturated heterocycles. The summed E-state index contributed by atoms with van der Waals surface area (Å²) in [6.45, 7) is 1.49. The summed E-state index contributed by atoms with van der Waals surface area (Å²) in [5, 5.41) is 7.04. The van der Waals surface area contributed by atoms with Gasteiger partial charge in [-0.25, -0.2) is 0 Å². The van der Waals surface area contributed by atoms with Crippen LogP contribution in [-0.4, -0.2) is 25.0 Å². The Balaban J connectivity index is 2.08. The number of hydrogen-bond donors (Lipinski definition) is 2. The van der Waals surface area contributed by atoms with E-state index in [1.807, 2.05) is 6.07 Å². The molecule has 0 unspecified atom stereocenters. The number of halogens is 2. The molecular weight excluding hydrogens is 247 g/mol. The summed E-state index contributed by atoms with van der Waals surface area (Å²) in [4.78, 5) is 11.5. The maximum atomic E-state index is 11.5. The zero-order chi connectivity index (χ0) is 11.5. The van der Waals surface area contributed by atoms with E-state index in [-0.39, 0.29) is 11.9 Å². The van der Waals surface area contributed by atoms with Gasteiger partial charge >= 0.3 is 0 Å². The first-order valence-corrected chi connectivity index (χ1v) is 5.87. The third kappa shape index (κ3) is 2.67. The molecule has 1 aromatic rings. The molecule has 1 aliphatic rings. The number of amides is 1. The molecule has 0 bridgehead atoms. The molecule has 1 amide bonds. The van der Waals surface area contributed by atoms with Crippen molar-refractivity contribution in [2.45, 2.75) is 12.5 Å². The first kappa shape index (κ1) is 11.7. The first-order valence-electron chi connectivity index (χ1n) is 5.12. The minimum atomic E-state index is -0.175. The lowest BCUT2D eigenvalue weighted by Gasteiger charge is -2.23. The van der Waals surface area contributed by atoms with Gasteiger partial charge in [0.25, 0.3) is 0 Å². The highest BCUT2D eigenvalue weighted by atomic mass is 35.5. The van der Waals surface area contributed by atoms with Gasteiger partial charge < -0.3 is 10.6 Å². The fourth-order valence-corrected chi connectivity index (χ4v) is 2.04. The summed E-state index contributed by atoms with van der Waals surface area (Å²) in [6, 6.07) is 5.26. The van der Waals surface area contributed by atoms with E-state index in [4.69, 9.17) is 23.2 Å². The van der Waals surface area contributed by atoms with Crippen LogP contribution in [0.4, 0.5) is 0 Å². The predicted octanol–water partition coefficient (Wildman–Crippen LogP) is 1.62. The average molecular weight is 259 g/mol. The third-order valence-electron chi connectivity index (χ3n) is 2.56. The highest BCUT2D eigenvalue weighted by molar-refractivity contribution is 6.42. The van der Waals surface area contributed by atoms with Gasteiger partial charge in [0.15, 0.2) is 0 Å². The quantitative estimate of drug-likeness (QED) is 0.847. The Bertz CT molecular complexity index is 409. The van der Waals surface area contributed by atoms with Crippen LogP contribution in [0.25, 0.3) is 0 Å². The zero-order valence-corrected chi connectivity index (χ0v) is 10.1. The second-order valence-corrected chi connectivity index (χ2v) is 4.56. The Kier molecular flexibility index (Phi) is 3.69. The summed E-state index contributed by atoms with van der Waals surface area (Å²) < 4.78 is 0. The summed E-state index contributed by atoms with van der Waals surface area (Å²) >= 11 is 11.7. The molecule has 5 heteroatoms. The van der Waals surface area contributed by atoms with Crippen LogP contribution in [-0.2, 0) is 11.2 Å². The number of carbonyl (C=O) groups excluding carboxylic acids is 1. The first-order chi connectivity index (χ1) is 7.66. The SMILES string of the molecule is O=C1NCCN[C@H]1Cc1ccc(Cl)c(Cl)c1. The molecule has 0 aliphatic carbocycles. The fourth-order valence-electron chi connectivity index (χ4n) is 1.72. The lowest BCUT2D eigenvalue weighted by atomic mass is 10.0. The van der Waals surface area contributed by atoms with Crippen molar-refractivity contribution in [2.24, 2.45) is 0 Å². The van der Waals surface area contributed by atoms with Crippen LogP contribution in [0.3, 0.4) is 0 Å². The van der Waals surface area contributed by atoms with Gasteiger partial charge in [-0.05, 0) is 24.1 Å². The summed E-state index contributed by atoms with van der Waals surface area (Å²) in [5.74, 6) is 0.0392. The van der Waals surface area contributed by atoms with Gasteiger partial charge in [0.05, 0.1) is 16.1 Å². The molecule has 1 aromatic carbocycles. The largest absolute Gasteiger partial charge is 0.353 e. The van der Waals surface area contributed by atoms with Crippen LogP contribution in [0.5, 0.6) is 0 Å². The Morgan fingerprint density at radius 3 is 2.75 bits per heavy atom. The Hall–Kier alpha value is -0.770. The fraction of sp³-hybridized carbons (Fsp3) is 0.364. The summed E-state index contributed by atoms with van der Waals surface area (Å²) in [5.41, 5.74) is 1.00. The second kappa shape index (κ2) is 5.04. The van der Waals surface area contributed by atoms with Crippen LogP contribution < -0.4 is 10.6 Å². The van der Waals surface area contributed by atoms with Crippen LogP contribution in [0.1, 0.15) is 5.56 Å². The van der Waals surface area contributed by atoms with Crippen molar-refractivity contribution in [3.63, 3.8) is 0 Å². The maximum Gasteiger partial charge on any atom is 0.237 e. The van der Waals surface area contributed by atoms with Gasteiger partial charge in [-0.3, -0.25) is 4.79 Å². The zero-order valence-electron chi connectivity index (χ0n) is 8.59. The Morgan fingerprint density at radius 1 is 1.25 bits per heavy atom. The molecule has 0 aromatic heterocycles. The molecule has 2 rings (SSSR count). The molecular formula is C11H12Cl2N2O. The van der Waals surface area contributed by atoms with E-state index < -0.39 is 0 Å². The van der Waals surface area contributed by atoms with E-state index in [1.54, 1.807) is 12.1 Å². The third-order valence-corrected chi connectivity index (χ3v) is 3.29. The van der Waals surface area contributed by atoms with Gasteiger partial charge in [0, 0.05) is 13.1 Å². The van der Waals surface area contributed by atoms with Gasteiger partial charge in [-0.2, -0.15) is 0 Å². The lowest BCUT2D eigenvalue weighted by molar-refractivity contribution is -0.124. The molecule has 1 aliphatic heterocycles. The lowest BCUT2D eigenvalue weighted by Crippen LogP contribution is -2.53. The maximum absolute atomic E-state index is 11.5. The molecule has 0 saturated carbocycles. The summed E-state index contributed by atoms with van der Waals surface area (Å²) in [7, 11) is 0. The number of rotatable bonds is 2. The smallest absolute Gasteiger partial charge is 0.237 e. The molecule has 1 atom stereocenters. The molecule has 86 valence electrons. The molecule has 2 N–H and O–H groups in total. The van der Waals surface area contributed by atoms with Gasteiger partial charge in [-0.1, -0.05) is 29.3 Å². The number of piperazine rings is 1. The molecule has 0 radical (unpaired) electrons. The van der Waals surface area contributed by atoms with Crippen LogP contribution >= 0.6 is 23.2 Å². The minimum Gasteiger partial charge on any atom is -0.353 e. The molecule has 1 fully saturated rings. The van der Waals surface area contributed by atoms with Crippen molar-refractivity contribution in [3.05, 3.63) is 33.8 Å². The Morgan fingerprint density at radius 2 is 2.06 bits per heavy atom. The van der Waals surface area contributed by atoms with Crippen molar-refractivity contribution in [2.75, 3.05) is 13.1 Å². The Labute approximate surface area is 104 Å². The van der Waals surface area contributed by atoms with Crippen molar-refractivity contribution in [1.29, 1.82) is 0 Å². The highest BCUT2D eigenvalue weighted by Crippen LogP contribution is 2.23. The number of carbonyl (C=O) groups is 1. The summed E-state index contributed by atoms with van der Waals surface area (Å²) in [6.07, 6.45) is 0.628. The van der Waals surface area contributed by atoms with Crippen molar-refractivity contribution >= 4 is 29.1 Å². The predicted molar refractivity (Wildman–Crippen MR) is 65.0 cm³/mol. The topological polar surface area (TPSA) is 41.1 Å². The van der Waals surface area contributed by atoms with Crippen molar-refractivity contribution in [1.82, 2.24) is 10.6 Å². The average Bonchev–Trinajstić information content (AvgIpc) is 2.27. The normalized spacial score (nSPS) is 20.6. The van der Waals surface area contributed by atoms with Gasteiger partial charge in [0.2, 0.25) is 5.91 Å². The van der Waals surface area contributed by atoms with Crippen molar-refractivity contribution < 1.29 is 4.79 Å². The van der Waals surface area contributed by atoms with Gasteiger partial charge in [-0.15, -0.1) is 0 Å². The second-order valence-electron chi connectivity index (χ2n) is 3.75. The van der Waals surface area contributed by atoms with E-state index in [1.165, 1.54) is 0 Å². The molecule has 3 nitrogen and oxygen atoms in total. The minimum absolute atomic E-state index is 0.0392. The van der Waals surface area contributed by atoms with Crippen LogP contribution in [0.15, 0.2) is 18.2 Å². The van der Waals surface area contributed by atoms with E-state index in [0.29, 0.717) is 23.0 Å². The number of benzene rings is 1. The van der Waals surface area contributed by atoms with E-state index in [2.05, 4.69) is 10.6 Å². The molecule has 1 heterocycles. The van der Waals surface area contributed by atoms with E-state index in [9.17, 15) is 4.79 Å². The van der Waals surface area contributed by atoms with Crippen LogP contribution in [0.2, 0.25) is 10.0 Å². The van der Waals surface area contributed by atoms with Crippen molar-refractivity contribution in [3.8, 4) is 0 Å². The van der Waals surface area contributed by atoms with Gasteiger partial charge in [0.1, 0.15) is 0 Å². The van der Waals surface area contributed by atoms with E-state index in [0.717, 1.165) is 12.1 Å².